The second-order valence-corrected chi connectivity index (χ2v) is 7.43. The number of methoxy groups -OCH3 is 1. The highest BCUT2D eigenvalue weighted by Gasteiger charge is 2.15. The smallest absolute Gasteiger partial charge is 0.337 e. The van der Waals surface area contributed by atoms with E-state index in [0.29, 0.717) is 12.1 Å². The number of morpholine rings is 1. The number of nitrogens with zero attached hydrogens (tertiary/aromatic N) is 3. The van der Waals surface area contributed by atoms with Gasteiger partial charge in [-0.15, -0.1) is 0 Å². The Kier molecular flexibility index (Phi) is 6.61. The number of ether oxygens (including phenoxy) is 2. The average molecular weight is 409 g/mol. The molecule has 0 unspecified atom stereocenters. The van der Waals surface area contributed by atoms with Gasteiger partial charge in [-0.3, -0.25) is 4.90 Å². The van der Waals surface area contributed by atoms with Gasteiger partial charge in [0, 0.05) is 32.7 Å². The lowest BCUT2D eigenvalue weighted by Crippen LogP contribution is -2.37. The van der Waals surface area contributed by atoms with Crippen LogP contribution in [0.3, 0.4) is 0 Å². The van der Waals surface area contributed by atoms with Crippen LogP contribution in [-0.2, 0) is 22.6 Å². The SMILES string of the molecule is COC(=O)c1ccc2c(c1)nc(NCc1ccccc1)n2CCCN1CCOCC1. The van der Waals surface area contributed by atoms with Crippen LogP contribution in [0.1, 0.15) is 22.3 Å². The lowest BCUT2D eigenvalue weighted by Gasteiger charge is -2.26. The number of aryl methyl sites for hydroxylation is 1. The quantitative estimate of drug-likeness (QED) is 0.578. The molecule has 30 heavy (non-hydrogen) atoms. The molecule has 0 amide bonds. The molecule has 7 heteroatoms. The van der Waals surface area contributed by atoms with Gasteiger partial charge in [-0.2, -0.15) is 0 Å². The summed E-state index contributed by atoms with van der Waals surface area (Å²) in [5.41, 5.74) is 3.51. The van der Waals surface area contributed by atoms with Crippen molar-refractivity contribution in [2.75, 3.05) is 45.3 Å². The number of anilines is 1. The average Bonchev–Trinajstić information content (AvgIpc) is 3.15. The Morgan fingerprint density at radius 1 is 1.13 bits per heavy atom. The molecule has 1 aliphatic heterocycles. The van der Waals surface area contributed by atoms with Crippen LogP contribution < -0.4 is 5.32 Å². The molecule has 1 saturated heterocycles. The summed E-state index contributed by atoms with van der Waals surface area (Å²) in [6.07, 6.45) is 1.02. The van der Waals surface area contributed by atoms with E-state index in [1.807, 2.05) is 24.3 Å². The van der Waals surface area contributed by atoms with Crippen LogP contribution in [0.15, 0.2) is 48.5 Å². The van der Waals surface area contributed by atoms with Gasteiger partial charge in [0.1, 0.15) is 0 Å². The number of rotatable bonds is 8. The summed E-state index contributed by atoms with van der Waals surface area (Å²) in [5.74, 6) is 0.468. The number of benzene rings is 2. The molecule has 1 aliphatic rings. The van der Waals surface area contributed by atoms with E-state index < -0.39 is 0 Å². The van der Waals surface area contributed by atoms with E-state index >= 15 is 0 Å². The molecule has 0 bridgehead atoms. The number of hydrogen-bond acceptors (Lipinski definition) is 6. The van der Waals surface area contributed by atoms with E-state index in [2.05, 4.69) is 26.9 Å². The highest BCUT2D eigenvalue weighted by molar-refractivity contribution is 5.94. The summed E-state index contributed by atoms with van der Waals surface area (Å²) in [6, 6.07) is 15.8. The number of nitrogens with one attached hydrogen (secondary N) is 1. The van der Waals surface area contributed by atoms with Crippen molar-refractivity contribution in [3.05, 3.63) is 59.7 Å². The monoisotopic (exact) mass is 408 g/mol. The molecule has 0 spiro atoms. The minimum atomic E-state index is -0.349. The zero-order valence-corrected chi connectivity index (χ0v) is 17.3. The van der Waals surface area contributed by atoms with Crippen molar-refractivity contribution in [2.24, 2.45) is 0 Å². The molecule has 2 heterocycles. The molecular weight excluding hydrogens is 380 g/mol. The zero-order valence-electron chi connectivity index (χ0n) is 17.3. The van der Waals surface area contributed by atoms with Crippen LogP contribution in [0.4, 0.5) is 5.95 Å². The van der Waals surface area contributed by atoms with Crippen LogP contribution in [0.25, 0.3) is 11.0 Å². The summed E-state index contributed by atoms with van der Waals surface area (Å²) in [7, 11) is 1.39. The van der Waals surface area contributed by atoms with Crippen molar-refractivity contribution in [1.29, 1.82) is 0 Å². The molecule has 0 saturated carbocycles. The third-order valence-corrected chi connectivity index (χ3v) is 5.42. The van der Waals surface area contributed by atoms with Gasteiger partial charge in [-0.05, 0) is 30.2 Å². The van der Waals surface area contributed by atoms with E-state index in [9.17, 15) is 4.79 Å². The Labute approximate surface area is 176 Å². The molecule has 3 aromatic rings. The van der Waals surface area contributed by atoms with Gasteiger partial charge in [-0.1, -0.05) is 30.3 Å². The van der Waals surface area contributed by atoms with Crippen LogP contribution >= 0.6 is 0 Å². The van der Waals surface area contributed by atoms with Gasteiger partial charge in [0.15, 0.2) is 0 Å². The molecule has 2 aromatic carbocycles. The topological polar surface area (TPSA) is 68.6 Å². The number of aromatic nitrogens is 2. The molecular formula is C23H28N4O3. The first-order valence-electron chi connectivity index (χ1n) is 10.4. The largest absolute Gasteiger partial charge is 0.465 e. The second kappa shape index (κ2) is 9.73. The van der Waals surface area contributed by atoms with Crippen molar-refractivity contribution in [3.63, 3.8) is 0 Å². The van der Waals surface area contributed by atoms with Gasteiger partial charge >= 0.3 is 5.97 Å². The second-order valence-electron chi connectivity index (χ2n) is 7.43. The van der Waals surface area contributed by atoms with E-state index in [1.54, 1.807) is 12.1 Å². The molecule has 1 N–H and O–H groups in total. The lowest BCUT2D eigenvalue weighted by atomic mass is 10.2. The van der Waals surface area contributed by atoms with Gasteiger partial charge < -0.3 is 19.4 Å². The Balaban J connectivity index is 1.54. The molecule has 0 radical (unpaired) electrons. The van der Waals surface area contributed by atoms with Gasteiger partial charge in [-0.25, -0.2) is 9.78 Å². The van der Waals surface area contributed by atoms with Crippen molar-refractivity contribution >= 4 is 23.0 Å². The summed E-state index contributed by atoms with van der Waals surface area (Å²) < 4.78 is 12.5. The highest BCUT2D eigenvalue weighted by atomic mass is 16.5. The first-order valence-corrected chi connectivity index (χ1v) is 10.4. The van der Waals surface area contributed by atoms with Gasteiger partial charge in [0.25, 0.3) is 0 Å². The van der Waals surface area contributed by atoms with E-state index in [1.165, 1.54) is 12.7 Å². The highest BCUT2D eigenvalue weighted by Crippen LogP contribution is 2.23. The Hall–Kier alpha value is -2.90. The first kappa shape index (κ1) is 20.4. The van der Waals surface area contributed by atoms with Gasteiger partial charge in [0.2, 0.25) is 5.95 Å². The van der Waals surface area contributed by atoms with Crippen LogP contribution in [0, 0.1) is 0 Å². The zero-order chi connectivity index (χ0) is 20.8. The van der Waals surface area contributed by atoms with Crippen molar-refractivity contribution in [2.45, 2.75) is 19.5 Å². The van der Waals surface area contributed by atoms with Gasteiger partial charge in [0.05, 0.1) is 36.9 Å². The summed E-state index contributed by atoms with van der Waals surface area (Å²) in [4.78, 5) is 19.1. The predicted octanol–water partition coefficient (Wildman–Crippen LogP) is 3.16. The van der Waals surface area contributed by atoms with Crippen molar-refractivity contribution in [1.82, 2.24) is 14.5 Å². The molecule has 1 aromatic heterocycles. The number of carbonyl (C=O) groups excluding carboxylic acids is 1. The normalized spacial score (nSPS) is 14.7. The maximum atomic E-state index is 11.9. The lowest BCUT2D eigenvalue weighted by molar-refractivity contribution is 0.0370. The van der Waals surface area contributed by atoms with Crippen LogP contribution in [0.2, 0.25) is 0 Å². The van der Waals surface area contributed by atoms with E-state index in [-0.39, 0.29) is 5.97 Å². The predicted molar refractivity (Wildman–Crippen MR) is 117 cm³/mol. The minimum Gasteiger partial charge on any atom is -0.465 e. The fraction of sp³-hybridized carbons (Fsp3) is 0.391. The number of hydrogen-bond donors (Lipinski definition) is 1. The minimum absolute atomic E-state index is 0.349. The molecule has 4 rings (SSSR count). The summed E-state index contributed by atoms with van der Waals surface area (Å²) >= 11 is 0. The Bertz CT molecular complexity index is 981. The third kappa shape index (κ3) is 4.80. The van der Waals surface area contributed by atoms with Crippen molar-refractivity contribution in [3.8, 4) is 0 Å². The molecule has 158 valence electrons. The van der Waals surface area contributed by atoms with E-state index in [0.717, 1.165) is 62.8 Å². The fourth-order valence-electron chi connectivity index (χ4n) is 3.79. The van der Waals surface area contributed by atoms with Crippen molar-refractivity contribution < 1.29 is 14.3 Å². The molecule has 1 fully saturated rings. The van der Waals surface area contributed by atoms with Crippen LogP contribution in [-0.4, -0.2) is 60.4 Å². The Morgan fingerprint density at radius 3 is 2.70 bits per heavy atom. The number of imidazole rings is 1. The molecule has 7 nitrogen and oxygen atoms in total. The molecule has 0 atom stereocenters. The maximum Gasteiger partial charge on any atom is 0.337 e. The number of fused-ring (bicyclic) bond motifs is 1. The fourth-order valence-corrected chi connectivity index (χ4v) is 3.79. The molecule has 0 aliphatic carbocycles. The Morgan fingerprint density at radius 2 is 1.93 bits per heavy atom. The third-order valence-electron chi connectivity index (χ3n) is 5.42. The maximum absolute atomic E-state index is 11.9. The number of carbonyl (C=O) groups is 1. The van der Waals surface area contributed by atoms with Crippen LogP contribution in [0.5, 0.6) is 0 Å². The van der Waals surface area contributed by atoms with E-state index in [4.69, 9.17) is 14.5 Å². The first-order chi connectivity index (χ1) is 14.7. The standard InChI is InChI=1S/C23H28N4O3/c1-29-22(28)19-8-9-21-20(16-19)25-23(24-17-18-6-3-2-4-7-18)27(21)11-5-10-26-12-14-30-15-13-26/h2-4,6-9,16H,5,10-15,17H2,1H3,(H,24,25). The summed E-state index contributed by atoms with van der Waals surface area (Å²) in [5, 5.41) is 3.47. The number of esters is 1. The summed E-state index contributed by atoms with van der Waals surface area (Å²) in [6.45, 7) is 6.18.